The molecule has 0 aliphatic heterocycles. The highest BCUT2D eigenvalue weighted by molar-refractivity contribution is 5.94. The molecule has 9 heteroatoms. The molecule has 1 heterocycles. The van der Waals surface area contributed by atoms with Gasteiger partial charge in [0.05, 0.1) is 18.6 Å². The summed E-state index contributed by atoms with van der Waals surface area (Å²) in [6.07, 6.45) is -2.63. The molecule has 0 aliphatic rings. The lowest BCUT2D eigenvalue weighted by Gasteiger charge is -2.11. The van der Waals surface area contributed by atoms with Gasteiger partial charge in [0.2, 0.25) is 5.88 Å². The summed E-state index contributed by atoms with van der Waals surface area (Å²) in [4.78, 5) is 24.7. The predicted molar refractivity (Wildman–Crippen MR) is 58.4 cm³/mol. The number of halogens is 2. The number of esters is 1. The summed E-state index contributed by atoms with van der Waals surface area (Å²) in [5.74, 6) is -1.59. The fourth-order valence-corrected chi connectivity index (χ4v) is 1.42. The van der Waals surface area contributed by atoms with Gasteiger partial charge in [-0.05, 0) is 6.92 Å². The zero-order chi connectivity index (χ0) is 14.6. The highest BCUT2D eigenvalue weighted by Crippen LogP contribution is 2.35. The molecule has 0 N–H and O–H groups in total. The first-order chi connectivity index (χ1) is 8.93. The maximum Gasteiger partial charge on any atom is 0.344 e. The molecule has 0 aliphatic carbocycles. The van der Waals surface area contributed by atoms with Crippen LogP contribution < -0.4 is 4.74 Å². The summed E-state index contributed by atoms with van der Waals surface area (Å²) < 4.78 is 35.2. The van der Waals surface area contributed by atoms with Gasteiger partial charge in [-0.2, -0.15) is 0 Å². The molecular weight excluding hydrogens is 266 g/mol. The van der Waals surface area contributed by atoms with E-state index in [-0.39, 0.29) is 6.61 Å². The van der Waals surface area contributed by atoms with Gasteiger partial charge in [-0.15, -0.1) is 0 Å². The van der Waals surface area contributed by atoms with Crippen molar-refractivity contribution in [3.05, 3.63) is 27.4 Å². The molecule has 0 aromatic carbocycles. The van der Waals surface area contributed by atoms with Crippen LogP contribution in [0, 0.1) is 10.1 Å². The number of carbonyl (C=O) groups excluding carboxylic acids is 1. The number of alkyl halides is 2. The minimum Gasteiger partial charge on any atom is -0.480 e. The number of carbonyl (C=O) groups is 1. The van der Waals surface area contributed by atoms with E-state index in [4.69, 9.17) is 0 Å². The highest BCUT2D eigenvalue weighted by Gasteiger charge is 2.33. The molecule has 104 valence electrons. The molecule has 19 heavy (non-hydrogen) atoms. The van der Waals surface area contributed by atoms with Crippen molar-refractivity contribution in [3.8, 4) is 5.88 Å². The van der Waals surface area contributed by atoms with E-state index in [2.05, 4.69) is 14.5 Å². The molecule has 0 radical (unpaired) electrons. The molecule has 0 spiro atoms. The maximum atomic E-state index is 13.0. The minimum absolute atomic E-state index is 0.0760. The number of hydrogen-bond donors (Lipinski definition) is 0. The third kappa shape index (κ3) is 2.92. The van der Waals surface area contributed by atoms with Crippen LogP contribution in [0.1, 0.15) is 29.3 Å². The van der Waals surface area contributed by atoms with Gasteiger partial charge >= 0.3 is 5.97 Å². The smallest absolute Gasteiger partial charge is 0.344 e. The van der Waals surface area contributed by atoms with Crippen molar-refractivity contribution in [3.63, 3.8) is 0 Å². The van der Waals surface area contributed by atoms with Crippen molar-refractivity contribution in [2.75, 3.05) is 13.7 Å². The second kappa shape index (κ2) is 6.03. The number of pyridine rings is 1. The highest BCUT2D eigenvalue weighted by atomic mass is 19.3. The van der Waals surface area contributed by atoms with E-state index in [9.17, 15) is 23.7 Å². The first kappa shape index (κ1) is 14.7. The molecule has 0 atom stereocenters. The van der Waals surface area contributed by atoms with Gasteiger partial charge in [0.15, 0.2) is 0 Å². The molecule has 1 aromatic heterocycles. The Hall–Kier alpha value is -2.32. The second-order valence-electron chi connectivity index (χ2n) is 3.22. The summed E-state index contributed by atoms with van der Waals surface area (Å²) in [6.45, 7) is 1.39. The zero-order valence-corrected chi connectivity index (χ0v) is 10.1. The van der Waals surface area contributed by atoms with E-state index in [1.807, 2.05) is 0 Å². The lowest BCUT2D eigenvalue weighted by Crippen LogP contribution is -2.13. The Labute approximate surface area is 106 Å². The van der Waals surface area contributed by atoms with Crippen LogP contribution in [0.2, 0.25) is 0 Å². The summed E-state index contributed by atoms with van der Waals surface area (Å²) in [7, 11) is 1.10. The number of ether oxygens (including phenoxy) is 2. The SMILES string of the molecule is CCOC(=O)c1c(OC)ncc([N+](=O)[O-])c1C(F)F. The monoisotopic (exact) mass is 276 g/mol. The van der Waals surface area contributed by atoms with Crippen LogP contribution in [0.5, 0.6) is 5.88 Å². The fraction of sp³-hybridized carbons (Fsp3) is 0.400. The Balaban J connectivity index is 3.57. The molecule has 1 aromatic rings. The Kier molecular flexibility index (Phi) is 4.67. The van der Waals surface area contributed by atoms with Crippen LogP contribution in [0.15, 0.2) is 6.20 Å². The van der Waals surface area contributed by atoms with E-state index in [1.165, 1.54) is 6.92 Å². The lowest BCUT2D eigenvalue weighted by atomic mass is 10.1. The van der Waals surface area contributed by atoms with Crippen molar-refractivity contribution >= 4 is 11.7 Å². The number of hydrogen-bond acceptors (Lipinski definition) is 6. The summed E-state index contributed by atoms with van der Waals surface area (Å²) >= 11 is 0. The van der Waals surface area contributed by atoms with Crippen LogP contribution in [-0.4, -0.2) is 29.6 Å². The van der Waals surface area contributed by atoms with Crippen LogP contribution in [0.4, 0.5) is 14.5 Å². The number of rotatable bonds is 5. The van der Waals surface area contributed by atoms with Crippen molar-refractivity contribution in [1.82, 2.24) is 4.98 Å². The van der Waals surface area contributed by atoms with E-state index in [0.29, 0.717) is 6.20 Å². The van der Waals surface area contributed by atoms with Gasteiger partial charge in [0, 0.05) is 0 Å². The van der Waals surface area contributed by atoms with Gasteiger partial charge in [0.1, 0.15) is 17.3 Å². The van der Waals surface area contributed by atoms with Gasteiger partial charge in [-0.1, -0.05) is 0 Å². The fourth-order valence-electron chi connectivity index (χ4n) is 1.42. The van der Waals surface area contributed by atoms with E-state index >= 15 is 0 Å². The molecule has 0 saturated carbocycles. The first-order valence-electron chi connectivity index (χ1n) is 5.10. The molecule has 0 unspecified atom stereocenters. The average molecular weight is 276 g/mol. The van der Waals surface area contributed by atoms with Crippen LogP contribution in [-0.2, 0) is 4.74 Å². The molecule has 0 bridgehead atoms. The molecule has 1 rings (SSSR count). The molecule has 0 amide bonds. The van der Waals surface area contributed by atoms with Crippen LogP contribution >= 0.6 is 0 Å². The second-order valence-corrected chi connectivity index (χ2v) is 3.22. The largest absolute Gasteiger partial charge is 0.480 e. The summed E-state index contributed by atoms with van der Waals surface area (Å²) in [5, 5.41) is 10.7. The topological polar surface area (TPSA) is 91.6 Å². The minimum atomic E-state index is -3.24. The molecular formula is C10H10F2N2O5. The van der Waals surface area contributed by atoms with Crippen molar-refractivity contribution < 1.29 is 28.0 Å². The standard InChI is InChI=1S/C10H10F2N2O5/c1-3-19-10(15)7-6(8(11)12)5(14(16)17)4-13-9(7)18-2/h4,8H,3H2,1-2H3. The van der Waals surface area contributed by atoms with Gasteiger partial charge in [0.25, 0.3) is 12.1 Å². The van der Waals surface area contributed by atoms with Crippen LogP contribution in [0.25, 0.3) is 0 Å². The zero-order valence-electron chi connectivity index (χ0n) is 10.1. The summed E-state index contributed by atoms with van der Waals surface area (Å²) in [6, 6.07) is 0. The van der Waals surface area contributed by atoms with Gasteiger partial charge in [-0.25, -0.2) is 18.6 Å². The number of nitrogens with zero attached hydrogens (tertiary/aromatic N) is 2. The van der Waals surface area contributed by atoms with E-state index in [0.717, 1.165) is 7.11 Å². The Morgan fingerprint density at radius 1 is 1.58 bits per heavy atom. The Morgan fingerprint density at radius 2 is 2.21 bits per heavy atom. The molecule has 0 fully saturated rings. The Morgan fingerprint density at radius 3 is 2.63 bits per heavy atom. The number of aromatic nitrogens is 1. The Bertz CT molecular complexity index is 507. The average Bonchev–Trinajstić information content (AvgIpc) is 2.36. The van der Waals surface area contributed by atoms with Gasteiger partial charge < -0.3 is 9.47 Å². The normalized spacial score (nSPS) is 10.4. The van der Waals surface area contributed by atoms with Crippen molar-refractivity contribution in [1.29, 1.82) is 0 Å². The lowest BCUT2D eigenvalue weighted by molar-refractivity contribution is -0.386. The van der Waals surface area contributed by atoms with Gasteiger partial charge in [-0.3, -0.25) is 10.1 Å². The number of methoxy groups -OCH3 is 1. The summed E-state index contributed by atoms with van der Waals surface area (Å²) in [5.41, 5.74) is -2.75. The third-order valence-corrected chi connectivity index (χ3v) is 2.15. The van der Waals surface area contributed by atoms with Crippen LogP contribution in [0.3, 0.4) is 0 Å². The van der Waals surface area contributed by atoms with Crippen molar-refractivity contribution in [2.24, 2.45) is 0 Å². The van der Waals surface area contributed by atoms with E-state index < -0.39 is 40.0 Å². The van der Waals surface area contributed by atoms with E-state index in [1.54, 1.807) is 0 Å². The van der Waals surface area contributed by atoms with Crippen molar-refractivity contribution in [2.45, 2.75) is 13.3 Å². The maximum absolute atomic E-state index is 13.0. The third-order valence-electron chi connectivity index (χ3n) is 2.15. The molecule has 0 saturated heterocycles. The molecule has 7 nitrogen and oxygen atoms in total. The quantitative estimate of drug-likeness (QED) is 0.464. The predicted octanol–water partition coefficient (Wildman–Crippen LogP) is 2.11. The first-order valence-corrected chi connectivity index (χ1v) is 5.10. The number of nitro groups is 1.